The van der Waals surface area contributed by atoms with E-state index in [2.05, 4.69) is 32.1 Å². The van der Waals surface area contributed by atoms with E-state index in [1.807, 2.05) is 18.2 Å². The number of piperazine rings is 1. The van der Waals surface area contributed by atoms with Gasteiger partial charge in [0.2, 0.25) is 5.95 Å². The molecule has 0 spiro atoms. The Morgan fingerprint density at radius 1 is 1.11 bits per heavy atom. The van der Waals surface area contributed by atoms with Crippen LogP contribution in [0.2, 0.25) is 0 Å². The predicted molar refractivity (Wildman–Crippen MR) is 143 cm³/mol. The fraction of sp³-hybridized carbons (Fsp3) is 0.346. The second kappa shape index (κ2) is 9.78. The first-order valence-corrected chi connectivity index (χ1v) is 12.2. The number of hydrogen-bond acceptors (Lipinski definition) is 10. The Bertz CT molecular complexity index is 1390. The number of amides is 1. The Balaban J connectivity index is 1.48. The number of nitrogens with one attached hydrogen (secondary N) is 1. The van der Waals surface area contributed by atoms with Gasteiger partial charge in [-0.05, 0) is 39.1 Å². The van der Waals surface area contributed by atoms with Crippen LogP contribution in [-0.4, -0.2) is 71.6 Å². The van der Waals surface area contributed by atoms with Crippen LogP contribution in [0.15, 0.2) is 48.7 Å². The molecule has 3 aromatic rings. The Morgan fingerprint density at radius 2 is 1.87 bits per heavy atom. The number of methoxy groups -OCH3 is 1. The van der Waals surface area contributed by atoms with E-state index in [4.69, 9.17) is 9.47 Å². The van der Waals surface area contributed by atoms with Gasteiger partial charge in [-0.1, -0.05) is 6.07 Å². The van der Waals surface area contributed by atoms with Crippen molar-refractivity contribution in [3.05, 3.63) is 58.8 Å². The zero-order valence-electron chi connectivity index (χ0n) is 21.7. The third kappa shape index (κ3) is 4.77. The van der Waals surface area contributed by atoms with Crippen molar-refractivity contribution < 1.29 is 19.2 Å². The molecule has 12 nitrogen and oxygen atoms in total. The minimum absolute atomic E-state index is 0.140. The molecule has 1 N–H and O–H groups in total. The topological polar surface area (TPSA) is 126 Å². The number of nitrogens with zero attached hydrogens (tertiary/aromatic N) is 6. The zero-order valence-corrected chi connectivity index (χ0v) is 21.7. The summed E-state index contributed by atoms with van der Waals surface area (Å²) in [7, 11) is 3.71. The minimum Gasteiger partial charge on any atom is -0.494 e. The maximum atomic E-state index is 13.4. The van der Waals surface area contributed by atoms with Gasteiger partial charge in [0.05, 0.1) is 29.6 Å². The van der Waals surface area contributed by atoms with Crippen molar-refractivity contribution >= 4 is 40.4 Å². The van der Waals surface area contributed by atoms with Crippen LogP contribution in [-0.2, 0) is 4.79 Å². The van der Waals surface area contributed by atoms with Gasteiger partial charge >= 0.3 is 0 Å². The highest BCUT2D eigenvalue weighted by Gasteiger charge is 2.43. The minimum atomic E-state index is -1.22. The van der Waals surface area contributed by atoms with Gasteiger partial charge in [0.25, 0.3) is 11.6 Å². The summed E-state index contributed by atoms with van der Waals surface area (Å²) in [6.07, 6.45) is 1.48. The van der Waals surface area contributed by atoms with Gasteiger partial charge in [0.15, 0.2) is 17.2 Å². The van der Waals surface area contributed by atoms with Gasteiger partial charge < -0.3 is 24.6 Å². The van der Waals surface area contributed by atoms with Gasteiger partial charge in [-0.2, -0.15) is 4.98 Å². The summed E-state index contributed by atoms with van der Waals surface area (Å²) in [4.78, 5) is 39.1. The van der Waals surface area contributed by atoms with Crippen molar-refractivity contribution in [2.45, 2.75) is 19.4 Å². The summed E-state index contributed by atoms with van der Waals surface area (Å²) in [6, 6.07) is 11.7. The smallest absolute Gasteiger partial charge is 0.276 e. The van der Waals surface area contributed by atoms with Crippen molar-refractivity contribution in [3.8, 4) is 11.5 Å². The highest BCUT2D eigenvalue weighted by Crippen LogP contribution is 2.42. The van der Waals surface area contributed by atoms with E-state index in [1.54, 1.807) is 27.0 Å². The molecule has 2 aliphatic heterocycles. The van der Waals surface area contributed by atoms with Crippen LogP contribution in [0.1, 0.15) is 13.8 Å². The summed E-state index contributed by atoms with van der Waals surface area (Å²) >= 11 is 0. The second-order valence-corrected chi connectivity index (χ2v) is 9.71. The molecule has 0 aliphatic carbocycles. The Hall–Kier alpha value is -4.45. The lowest BCUT2D eigenvalue weighted by Crippen LogP contribution is -2.51. The van der Waals surface area contributed by atoms with E-state index in [0.29, 0.717) is 17.1 Å². The van der Waals surface area contributed by atoms with E-state index in [-0.39, 0.29) is 23.2 Å². The molecule has 1 amide bonds. The quantitative estimate of drug-likeness (QED) is 0.380. The molecule has 198 valence electrons. The summed E-state index contributed by atoms with van der Waals surface area (Å²) in [6.45, 7) is 7.09. The maximum Gasteiger partial charge on any atom is 0.276 e. The normalized spacial score (nSPS) is 17.0. The number of hydrogen-bond donors (Lipinski definition) is 1. The summed E-state index contributed by atoms with van der Waals surface area (Å²) in [5, 5.41) is 14.5. The van der Waals surface area contributed by atoms with E-state index in [0.717, 1.165) is 31.9 Å². The number of rotatable bonds is 6. The molecule has 0 radical (unpaired) electrons. The van der Waals surface area contributed by atoms with Crippen LogP contribution in [0.25, 0.3) is 0 Å². The monoisotopic (exact) mass is 519 g/mol. The highest BCUT2D eigenvalue weighted by atomic mass is 16.6. The number of fused-ring (bicyclic) bond motifs is 1. The molecule has 0 unspecified atom stereocenters. The summed E-state index contributed by atoms with van der Waals surface area (Å²) in [5.41, 5.74) is 0.651. The fourth-order valence-corrected chi connectivity index (χ4v) is 4.49. The molecule has 2 aromatic carbocycles. The van der Waals surface area contributed by atoms with Crippen LogP contribution in [0.3, 0.4) is 0 Å². The number of carbonyl (C=O) groups is 1. The molecular formula is C26H29N7O5. The average Bonchev–Trinajstić information content (AvgIpc) is 2.90. The van der Waals surface area contributed by atoms with Gasteiger partial charge in [0, 0.05) is 50.1 Å². The van der Waals surface area contributed by atoms with Crippen LogP contribution in [0.4, 0.5) is 34.5 Å². The first-order chi connectivity index (χ1) is 18.2. The molecule has 1 aromatic heterocycles. The lowest BCUT2D eigenvalue weighted by molar-refractivity contribution is -0.384. The van der Waals surface area contributed by atoms with Gasteiger partial charge in [-0.25, -0.2) is 4.98 Å². The predicted octanol–water partition coefficient (Wildman–Crippen LogP) is 3.72. The van der Waals surface area contributed by atoms with Crippen molar-refractivity contribution in [3.63, 3.8) is 0 Å². The Kier molecular flexibility index (Phi) is 6.49. The molecular weight excluding hydrogens is 490 g/mol. The molecule has 0 bridgehead atoms. The highest BCUT2D eigenvalue weighted by molar-refractivity contribution is 6.07. The van der Waals surface area contributed by atoms with Crippen LogP contribution < -0.4 is 24.6 Å². The third-order valence-electron chi connectivity index (χ3n) is 6.63. The van der Waals surface area contributed by atoms with Crippen molar-refractivity contribution in [1.29, 1.82) is 0 Å². The largest absolute Gasteiger partial charge is 0.494 e. The molecule has 0 saturated carbocycles. The lowest BCUT2D eigenvalue weighted by atomic mass is 10.0. The van der Waals surface area contributed by atoms with E-state index in [1.165, 1.54) is 29.3 Å². The fourth-order valence-electron chi connectivity index (χ4n) is 4.49. The number of ether oxygens (including phenoxy) is 2. The molecule has 1 saturated heterocycles. The average molecular weight is 520 g/mol. The van der Waals surface area contributed by atoms with Crippen LogP contribution >= 0.6 is 0 Å². The third-order valence-corrected chi connectivity index (χ3v) is 6.63. The molecule has 3 heterocycles. The number of non-ortho nitro benzene ring substituents is 1. The zero-order chi connectivity index (χ0) is 27.0. The number of likely N-dealkylation sites (N-methyl/N-ethyl adjacent to an activating group) is 1. The molecule has 0 atom stereocenters. The summed E-state index contributed by atoms with van der Waals surface area (Å²) < 4.78 is 11.5. The number of benzene rings is 2. The molecule has 38 heavy (non-hydrogen) atoms. The SMILES string of the molecule is COc1cc(N2CCN(C)CC2)ccc1Nc1ncc2c(n1)N(c1cccc([N+](=O)[O-])c1)C(=O)C(C)(C)O2. The maximum absolute atomic E-state index is 13.4. The van der Waals surface area contributed by atoms with Gasteiger partial charge in [-0.15, -0.1) is 0 Å². The van der Waals surface area contributed by atoms with E-state index >= 15 is 0 Å². The summed E-state index contributed by atoms with van der Waals surface area (Å²) in [5.74, 6) is 0.876. The number of nitro groups is 1. The first-order valence-electron chi connectivity index (χ1n) is 12.2. The lowest BCUT2D eigenvalue weighted by Gasteiger charge is -2.37. The van der Waals surface area contributed by atoms with E-state index < -0.39 is 16.4 Å². The van der Waals surface area contributed by atoms with Gasteiger partial charge in [0.1, 0.15) is 5.75 Å². The van der Waals surface area contributed by atoms with Crippen molar-refractivity contribution in [2.75, 3.05) is 55.5 Å². The molecule has 1 fully saturated rings. The molecule has 12 heteroatoms. The molecule has 5 rings (SSSR count). The van der Waals surface area contributed by atoms with Gasteiger partial charge in [-0.3, -0.25) is 19.8 Å². The van der Waals surface area contributed by atoms with Crippen molar-refractivity contribution in [1.82, 2.24) is 14.9 Å². The number of aromatic nitrogens is 2. The van der Waals surface area contributed by atoms with E-state index in [9.17, 15) is 14.9 Å². The standard InChI is InChI=1S/C26H29N7O5/c1-26(2)24(34)32(18-6-5-7-19(14-18)33(35)36)23-22(38-26)16-27-25(29-23)28-20-9-8-17(15-21(20)37-4)31-12-10-30(3)11-13-31/h5-9,14-16H,10-13H2,1-4H3,(H,27,28,29). The molecule has 2 aliphatic rings. The number of anilines is 5. The second-order valence-electron chi connectivity index (χ2n) is 9.71. The Morgan fingerprint density at radius 3 is 2.58 bits per heavy atom. The number of nitro benzene ring substituents is 1. The first kappa shape index (κ1) is 25.2. The van der Waals surface area contributed by atoms with Crippen LogP contribution in [0.5, 0.6) is 11.5 Å². The number of carbonyl (C=O) groups excluding carboxylic acids is 1. The van der Waals surface area contributed by atoms with Crippen LogP contribution in [0, 0.1) is 10.1 Å². The van der Waals surface area contributed by atoms with Crippen molar-refractivity contribution in [2.24, 2.45) is 0 Å². The Labute approximate surface area is 219 Å².